The molecule has 5 aromatic rings. The van der Waals surface area contributed by atoms with Crippen molar-refractivity contribution in [2.24, 2.45) is 0 Å². The maximum absolute atomic E-state index is 6.18. The Kier molecular flexibility index (Phi) is 14.1. The van der Waals surface area contributed by atoms with E-state index in [1.54, 1.807) is 0 Å². The van der Waals surface area contributed by atoms with Gasteiger partial charge in [0.25, 0.3) is 0 Å². The molecule has 0 aliphatic carbocycles. The molecule has 0 N–H and O–H groups in total. The van der Waals surface area contributed by atoms with Gasteiger partial charge in [-0.3, -0.25) is 0 Å². The lowest BCUT2D eigenvalue weighted by Gasteiger charge is -2.26. The molecule has 2 aliphatic heterocycles. The molecule has 0 atom stereocenters. The van der Waals surface area contributed by atoms with E-state index < -0.39 is 0 Å². The van der Waals surface area contributed by atoms with Gasteiger partial charge < -0.3 is 19.3 Å². The SMILES string of the molecule is C=C(/C=C1/C=CN(c2ccccc2)C(SCCCCCCCCCSc2cc(/C=C3/Oc4ccccc4N3C)cc[n+]2-c2ccccc2)=C1)Oc1ccccc1C. The number of ether oxygens (including phenoxy) is 2. The van der Waals surface area contributed by atoms with Crippen LogP contribution in [0.15, 0.2) is 186 Å². The molecule has 0 saturated carbocycles. The van der Waals surface area contributed by atoms with Gasteiger partial charge in [-0.15, -0.1) is 11.8 Å². The van der Waals surface area contributed by atoms with Crippen LogP contribution in [-0.2, 0) is 0 Å². The number of rotatable bonds is 18. The van der Waals surface area contributed by atoms with Crippen LogP contribution in [0.1, 0.15) is 56.1 Å². The number of nitrogens with zero attached hydrogens (tertiary/aromatic N) is 3. The van der Waals surface area contributed by atoms with E-state index in [4.69, 9.17) is 9.47 Å². The van der Waals surface area contributed by atoms with E-state index in [9.17, 15) is 0 Å². The summed E-state index contributed by atoms with van der Waals surface area (Å²) in [6.45, 7) is 6.23. The Bertz CT molecular complexity index is 2250. The highest BCUT2D eigenvalue weighted by Crippen LogP contribution is 2.38. The van der Waals surface area contributed by atoms with Crippen molar-refractivity contribution in [3.05, 3.63) is 192 Å². The predicted molar refractivity (Wildman–Crippen MR) is 242 cm³/mol. The number of pyridine rings is 1. The van der Waals surface area contributed by atoms with Gasteiger partial charge in [0.05, 0.1) is 10.7 Å². The number of allylic oxidation sites excluding steroid dienone is 4. The van der Waals surface area contributed by atoms with E-state index in [1.165, 1.54) is 60.7 Å². The summed E-state index contributed by atoms with van der Waals surface area (Å²) in [4.78, 5) is 4.39. The number of para-hydroxylation sites is 5. The molecule has 7 heteroatoms. The van der Waals surface area contributed by atoms with Gasteiger partial charge in [-0.2, -0.15) is 4.57 Å². The lowest BCUT2D eigenvalue weighted by molar-refractivity contribution is -0.636. The molecule has 7 rings (SSSR count). The van der Waals surface area contributed by atoms with Crippen LogP contribution in [0.5, 0.6) is 11.5 Å². The average Bonchev–Trinajstić information content (AvgIpc) is 3.55. The largest absolute Gasteiger partial charge is 0.458 e. The van der Waals surface area contributed by atoms with Crippen LogP contribution in [0.25, 0.3) is 11.8 Å². The first kappa shape index (κ1) is 39.8. The van der Waals surface area contributed by atoms with Crippen molar-refractivity contribution in [3.8, 4) is 17.2 Å². The first-order valence-electron chi connectivity index (χ1n) is 20.0. The summed E-state index contributed by atoms with van der Waals surface area (Å²) in [6, 6.07) is 41.9. The van der Waals surface area contributed by atoms with Crippen LogP contribution in [0.3, 0.4) is 0 Å². The van der Waals surface area contributed by atoms with Crippen molar-refractivity contribution in [3.63, 3.8) is 0 Å². The minimum absolute atomic E-state index is 0.629. The second-order valence-electron chi connectivity index (χ2n) is 14.3. The highest BCUT2D eigenvalue weighted by Gasteiger charge is 2.23. The third kappa shape index (κ3) is 10.9. The molecule has 2 aliphatic rings. The first-order chi connectivity index (χ1) is 28.0. The standard InChI is InChI=1S/C50H52N3O2S2/c1-39-21-15-17-27-46(39)54-40(2)35-41-29-31-52(43-22-11-9-12-23-43)49(37-41)56-33-19-7-5-4-6-8-20-34-57-50-38-42(30-32-53(50)44-24-13-10-14-25-44)36-48-51(3)45-26-16-18-28-47(45)55-48/h9-18,21-32,35-38H,2,4-8,19-20,33-34H2,1,3H3/q+1/b41-35-. The van der Waals surface area contributed by atoms with Crippen LogP contribution in [0.4, 0.5) is 11.4 Å². The number of hydrogen-bond donors (Lipinski definition) is 0. The Morgan fingerprint density at radius 3 is 2.19 bits per heavy atom. The number of anilines is 2. The lowest BCUT2D eigenvalue weighted by atomic mass is 10.1. The summed E-state index contributed by atoms with van der Waals surface area (Å²) in [7, 11) is 2.06. The molecule has 0 fully saturated rings. The van der Waals surface area contributed by atoms with Crippen LogP contribution in [0, 0.1) is 6.92 Å². The Balaban J connectivity index is 0.857. The summed E-state index contributed by atoms with van der Waals surface area (Å²) < 4.78 is 14.6. The Labute approximate surface area is 347 Å². The molecule has 0 radical (unpaired) electrons. The van der Waals surface area contributed by atoms with E-state index in [0.717, 1.165) is 57.0 Å². The number of hydrogen-bond acceptors (Lipinski definition) is 6. The van der Waals surface area contributed by atoms with Crippen LogP contribution in [0.2, 0.25) is 0 Å². The zero-order chi connectivity index (χ0) is 39.2. The molecule has 0 amide bonds. The van der Waals surface area contributed by atoms with Crippen molar-refractivity contribution in [2.45, 2.75) is 56.9 Å². The normalized spacial score (nSPS) is 14.8. The van der Waals surface area contributed by atoms with Crippen LogP contribution < -0.4 is 23.8 Å². The van der Waals surface area contributed by atoms with Gasteiger partial charge in [0.1, 0.15) is 11.5 Å². The van der Waals surface area contributed by atoms with E-state index in [2.05, 4.69) is 150 Å². The summed E-state index contributed by atoms with van der Waals surface area (Å²) in [5.41, 5.74) is 6.74. The van der Waals surface area contributed by atoms with Gasteiger partial charge in [0.15, 0.2) is 11.9 Å². The maximum Gasteiger partial charge on any atom is 0.246 e. The second-order valence-corrected chi connectivity index (χ2v) is 16.5. The molecule has 57 heavy (non-hydrogen) atoms. The Morgan fingerprint density at radius 2 is 1.44 bits per heavy atom. The van der Waals surface area contributed by atoms with Crippen molar-refractivity contribution in [2.75, 3.05) is 28.4 Å². The molecule has 290 valence electrons. The second kappa shape index (κ2) is 20.2. The molecule has 0 bridgehead atoms. The monoisotopic (exact) mass is 790 g/mol. The van der Waals surface area contributed by atoms with Gasteiger partial charge in [-0.25, -0.2) is 0 Å². The smallest absolute Gasteiger partial charge is 0.246 e. The van der Waals surface area contributed by atoms with Crippen molar-refractivity contribution in [1.29, 1.82) is 0 Å². The van der Waals surface area contributed by atoms with E-state index in [1.807, 2.05) is 66.0 Å². The molecule has 1 aromatic heterocycles. The molecule has 0 saturated heterocycles. The fourth-order valence-corrected chi connectivity index (χ4v) is 9.02. The van der Waals surface area contributed by atoms with Crippen molar-refractivity contribution in [1.82, 2.24) is 0 Å². The van der Waals surface area contributed by atoms with Crippen LogP contribution >= 0.6 is 23.5 Å². The number of aromatic nitrogens is 1. The third-order valence-corrected chi connectivity index (χ3v) is 12.2. The Hall–Kier alpha value is -5.37. The van der Waals surface area contributed by atoms with Gasteiger partial charge in [-0.1, -0.05) is 117 Å². The number of benzene rings is 4. The van der Waals surface area contributed by atoms with Gasteiger partial charge >= 0.3 is 0 Å². The van der Waals surface area contributed by atoms with Crippen molar-refractivity contribution >= 4 is 41.0 Å². The highest BCUT2D eigenvalue weighted by molar-refractivity contribution is 8.03. The third-order valence-electron chi connectivity index (χ3n) is 9.97. The van der Waals surface area contributed by atoms with Crippen molar-refractivity contribution < 1.29 is 14.0 Å². The summed E-state index contributed by atoms with van der Waals surface area (Å²) in [6.07, 6.45) is 21.6. The quantitative estimate of drug-likeness (QED) is 0.0380. The number of aryl methyl sites for hydroxylation is 1. The van der Waals surface area contributed by atoms with Gasteiger partial charge in [0, 0.05) is 55.0 Å². The average molecular weight is 791 g/mol. The zero-order valence-electron chi connectivity index (χ0n) is 33.1. The fourth-order valence-electron chi connectivity index (χ4n) is 6.85. The molecule has 4 aromatic carbocycles. The van der Waals surface area contributed by atoms with E-state index in [-0.39, 0.29) is 0 Å². The maximum atomic E-state index is 6.18. The van der Waals surface area contributed by atoms with Crippen LogP contribution in [-0.4, -0.2) is 18.6 Å². The molecular weight excluding hydrogens is 739 g/mol. The van der Waals surface area contributed by atoms with Gasteiger partial charge in [-0.05, 0) is 90.8 Å². The number of fused-ring (bicyclic) bond motifs is 1. The molecule has 5 nitrogen and oxygen atoms in total. The molecular formula is C50H52N3O2S2+. The van der Waals surface area contributed by atoms with E-state index >= 15 is 0 Å². The molecule has 3 heterocycles. The zero-order valence-corrected chi connectivity index (χ0v) is 34.7. The predicted octanol–water partition coefficient (Wildman–Crippen LogP) is 13.0. The minimum Gasteiger partial charge on any atom is -0.458 e. The highest BCUT2D eigenvalue weighted by atomic mass is 32.2. The molecule has 0 spiro atoms. The summed E-state index contributed by atoms with van der Waals surface area (Å²) in [5.74, 6) is 5.38. The first-order valence-corrected chi connectivity index (χ1v) is 22.0. The van der Waals surface area contributed by atoms with Gasteiger partial charge in [0.2, 0.25) is 16.6 Å². The Morgan fingerprint density at radius 1 is 0.772 bits per heavy atom. The molecule has 0 unspecified atom stereocenters. The fraction of sp³-hybridized carbons (Fsp3) is 0.220. The summed E-state index contributed by atoms with van der Waals surface area (Å²) >= 11 is 3.86. The van der Waals surface area contributed by atoms with E-state index in [0.29, 0.717) is 5.76 Å². The topological polar surface area (TPSA) is 28.8 Å². The number of unbranched alkanes of at least 4 members (excludes halogenated alkanes) is 6. The summed E-state index contributed by atoms with van der Waals surface area (Å²) in [5, 5.41) is 2.46. The number of thioether (sulfide) groups is 2. The minimum atomic E-state index is 0.629. The lowest BCUT2D eigenvalue weighted by Crippen LogP contribution is -2.33.